The van der Waals surface area contributed by atoms with Crippen molar-refractivity contribution in [1.29, 1.82) is 0 Å². The van der Waals surface area contributed by atoms with E-state index in [1.807, 2.05) is 0 Å². The van der Waals surface area contributed by atoms with Crippen molar-refractivity contribution >= 4 is 50.8 Å². The largest absolute Gasteiger partial charge is 0.504 e. The molecule has 2 aliphatic rings. The summed E-state index contributed by atoms with van der Waals surface area (Å²) in [6.07, 6.45) is 1.54. The van der Waals surface area contributed by atoms with Gasteiger partial charge in [-0.1, -0.05) is 15.9 Å². The monoisotopic (exact) mass is 470 g/mol. The van der Waals surface area contributed by atoms with E-state index in [0.717, 1.165) is 16.7 Å². The molecule has 150 valence electrons. The van der Waals surface area contributed by atoms with Crippen LogP contribution in [0.3, 0.4) is 0 Å². The Kier molecular flexibility index (Phi) is 6.63. The number of carbonyl (C=O) groups excluding carboxylic acids is 3. The van der Waals surface area contributed by atoms with Gasteiger partial charge in [-0.3, -0.25) is 19.3 Å². The van der Waals surface area contributed by atoms with E-state index in [-0.39, 0.29) is 28.9 Å². The lowest BCUT2D eigenvalue weighted by molar-refractivity contribution is -0.139. The van der Waals surface area contributed by atoms with Crippen molar-refractivity contribution in [2.45, 2.75) is 6.92 Å². The Balaban J connectivity index is 1.77. The number of phenolic OH excluding ortho intramolecular Hbond substituents is 1. The zero-order valence-electron chi connectivity index (χ0n) is 15.1. The van der Waals surface area contributed by atoms with E-state index in [9.17, 15) is 19.5 Å². The van der Waals surface area contributed by atoms with Crippen LogP contribution in [-0.2, 0) is 14.3 Å². The average molecular weight is 471 g/mol. The maximum absolute atomic E-state index is 12.7. The zero-order chi connectivity index (χ0) is 20.3. The molecule has 3 amide bonds. The summed E-state index contributed by atoms with van der Waals surface area (Å²) < 4.78 is 11.1. The number of nitrogens with zero attached hydrogens (tertiary/aromatic N) is 2. The Labute approximate surface area is 174 Å². The van der Waals surface area contributed by atoms with Crippen molar-refractivity contribution in [3.05, 3.63) is 27.1 Å². The number of hydrogen-bond acceptors (Lipinski definition) is 7. The van der Waals surface area contributed by atoms with Gasteiger partial charge in [-0.05, 0) is 42.5 Å². The van der Waals surface area contributed by atoms with Crippen LogP contribution in [0, 0.1) is 0 Å². The standard InChI is InChI=1S/C18H19BrN2O6S/c1-2-27-14-7-11(12(19)9-13(14)22)8-15-17(24)21(18(25)28-15)10-16(23)20-3-5-26-6-4-20/h7-9,22H,2-6,10H2,1H3/b15-8-. The first-order valence-electron chi connectivity index (χ1n) is 8.67. The van der Waals surface area contributed by atoms with Crippen molar-refractivity contribution in [3.8, 4) is 11.5 Å². The molecule has 0 unspecified atom stereocenters. The highest BCUT2D eigenvalue weighted by molar-refractivity contribution is 9.10. The van der Waals surface area contributed by atoms with Crippen LogP contribution >= 0.6 is 27.7 Å². The summed E-state index contributed by atoms with van der Waals surface area (Å²) in [6, 6.07) is 3.04. The molecular formula is C18H19BrN2O6S. The predicted molar refractivity (Wildman–Crippen MR) is 107 cm³/mol. The topological polar surface area (TPSA) is 96.4 Å². The second-order valence-electron chi connectivity index (χ2n) is 6.04. The first-order valence-corrected chi connectivity index (χ1v) is 10.3. The third kappa shape index (κ3) is 4.50. The van der Waals surface area contributed by atoms with E-state index >= 15 is 0 Å². The number of phenols is 1. The number of amides is 3. The maximum Gasteiger partial charge on any atom is 0.294 e. The minimum atomic E-state index is -0.519. The number of hydrogen-bond donors (Lipinski definition) is 1. The van der Waals surface area contributed by atoms with Gasteiger partial charge in [0.25, 0.3) is 11.1 Å². The molecule has 0 saturated carbocycles. The minimum Gasteiger partial charge on any atom is -0.504 e. The van der Waals surface area contributed by atoms with Gasteiger partial charge in [0.2, 0.25) is 5.91 Å². The number of halogens is 1. The summed E-state index contributed by atoms with van der Waals surface area (Å²) in [4.78, 5) is 40.0. The van der Waals surface area contributed by atoms with Gasteiger partial charge in [-0.25, -0.2) is 0 Å². The van der Waals surface area contributed by atoms with Crippen LogP contribution in [0.1, 0.15) is 12.5 Å². The molecule has 0 radical (unpaired) electrons. The van der Waals surface area contributed by atoms with E-state index < -0.39 is 11.1 Å². The minimum absolute atomic E-state index is 0.0323. The number of benzene rings is 1. The van der Waals surface area contributed by atoms with Crippen LogP contribution < -0.4 is 4.74 Å². The van der Waals surface area contributed by atoms with Crippen LogP contribution in [0.5, 0.6) is 11.5 Å². The molecule has 0 atom stereocenters. The number of thioether (sulfide) groups is 1. The first-order chi connectivity index (χ1) is 13.4. The molecule has 0 aromatic heterocycles. The highest BCUT2D eigenvalue weighted by Crippen LogP contribution is 2.37. The fourth-order valence-electron chi connectivity index (χ4n) is 2.77. The lowest BCUT2D eigenvalue weighted by Crippen LogP contribution is -2.46. The number of aromatic hydroxyl groups is 1. The summed E-state index contributed by atoms with van der Waals surface area (Å²) in [7, 11) is 0. The van der Waals surface area contributed by atoms with Gasteiger partial charge in [0.15, 0.2) is 11.5 Å². The third-order valence-electron chi connectivity index (χ3n) is 4.20. The van der Waals surface area contributed by atoms with Crippen LogP contribution in [0.4, 0.5) is 4.79 Å². The molecule has 1 N–H and O–H groups in total. The Morgan fingerprint density at radius 2 is 2.07 bits per heavy atom. The molecule has 2 aliphatic heterocycles. The van der Waals surface area contributed by atoms with Gasteiger partial charge >= 0.3 is 0 Å². The van der Waals surface area contributed by atoms with Crippen LogP contribution in [0.15, 0.2) is 21.5 Å². The first kappa shape index (κ1) is 20.7. The molecule has 2 fully saturated rings. The van der Waals surface area contributed by atoms with Gasteiger partial charge in [0, 0.05) is 17.6 Å². The highest BCUT2D eigenvalue weighted by Gasteiger charge is 2.37. The summed E-state index contributed by atoms with van der Waals surface area (Å²) in [5, 5.41) is 9.42. The lowest BCUT2D eigenvalue weighted by Gasteiger charge is -2.28. The van der Waals surface area contributed by atoms with E-state index in [4.69, 9.17) is 9.47 Å². The van der Waals surface area contributed by atoms with Crippen LogP contribution in [0.25, 0.3) is 6.08 Å². The van der Waals surface area contributed by atoms with Crippen molar-refractivity contribution in [1.82, 2.24) is 9.80 Å². The van der Waals surface area contributed by atoms with Gasteiger partial charge in [-0.2, -0.15) is 0 Å². The molecule has 2 saturated heterocycles. The lowest BCUT2D eigenvalue weighted by atomic mass is 10.2. The quantitative estimate of drug-likeness (QED) is 0.660. The summed E-state index contributed by atoms with van der Waals surface area (Å²) in [5.74, 6) is -0.556. The molecule has 0 bridgehead atoms. The van der Waals surface area contributed by atoms with Crippen molar-refractivity contribution < 1.29 is 29.0 Å². The fraction of sp³-hybridized carbons (Fsp3) is 0.389. The molecule has 28 heavy (non-hydrogen) atoms. The van der Waals surface area contributed by atoms with E-state index in [2.05, 4.69) is 15.9 Å². The molecule has 1 aromatic carbocycles. The Morgan fingerprint density at radius 1 is 1.36 bits per heavy atom. The normalized spacial score (nSPS) is 18.9. The molecule has 0 aliphatic carbocycles. The molecule has 0 spiro atoms. The Hall–Kier alpha value is -2.04. The molecule has 2 heterocycles. The second-order valence-corrected chi connectivity index (χ2v) is 7.88. The molecule has 10 heteroatoms. The van der Waals surface area contributed by atoms with E-state index in [1.165, 1.54) is 12.1 Å². The molecular weight excluding hydrogens is 452 g/mol. The molecule has 8 nitrogen and oxygen atoms in total. The zero-order valence-corrected chi connectivity index (χ0v) is 17.5. The Morgan fingerprint density at radius 3 is 2.75 bits per heavy atom. The number of morpholine rings is 1. The Bertz CT molecular complexity index is 838. The van der Waals surface area contributed by atoms with Gasteiger partial charge in [0.1, 0.15) is 6.54 Å². The van der Waals surface area contributed by atoms with Crippen molar-refractivity contribution in [3.63, 3.8) is 0 Å². The fourth-order valence-corrected chi connectivity index (χ4v) is 4.04. The summed E-state index contributed by atoms with van der Waals surface area (Å²) in [6.45, 7) is 3.67. The highest BCUT2D eigenvalue weighted by atomic mass is 79.9. The SMILES string of the molecule is CCOc1cc(/C=C2\SC(=O)N(CC(=O)N3CCOCC3)C2=O)c(Br)cc1O. The number of ether oxygens (including phenoxy) is 2. The second kappa shape index (κ2) is 8.97. The summed E-state index contributed by atoms with van der Waals surface area (Å²) >= 11 is 4.11. The van der Waals surface area contributed by atoms with E-state index in [1.54, 1.807) is 17.9 Å². The number of carbonyl (C=O) groups is 3. The number of imide groups is 1. The third-order valence-corrected chi connectivity index (χ3v) is 5.79. The van der Waals surface area contributed by atoms with Gasteiger partial charge < -0.3 is 19.5 Å². The predicted octanol–water partition coefficient (Wildman–Crippen LogP) is 2.45. The van der Waals surface area contributed by atoms with Crippen LogP contribution in [0.2, 0.25) is 0 Å². The van der Waals surface area contributed by atoms with E-state index in [0.29, 0.717) is 42.9 Å². The maximum atomic E-state index is 12.7. The van der Waals surface area contributed by atoms with Crippen molar-refractivity contribution in [2.24, 2.45) is 0 Å². The number of rotatable bonds is 5. The average Bonchev–Trinajstić information content (AvgIpc) is 2.93. The van der Waals surface area contributed by atoms with Crippen molar-refractivity contribution in [2.75, 3.05) is 39.5 Å². The van der Waals surface area contributed by atoms with Crippen LogP contribution in [-0.4, -0.2) is 71.4 Å². The summed E-state index contributed by atoms with van der Waals surface area (Å²) in [5.41, 5.74) is 0.575. The smallest absolute Gasteiger partial charge is 0.294 e. The molecule has 1 aromatic rings. The van der Waals surface area contributed by atoms with Gasteiger partial charge in [0.05, 0.1) is 24.7 Å². The molecule has 3 rings (SSSR count). The van der Waals surface area contributed by atoms with Gasteiger partial charge in [-0.15, -0.1) is 0 Å².